The van der Waals surface area contributed by atoms with Crippen molar-refractivity contribution in [3.8, 4) is 11.5 Å². The molecule has 15 heavy (non-hydrogen) atoms. The Kier molecular flexibility index (Phi) is 4.46. The second-order valence-corrected chi connectivity index (χ2v) is 3.27. The van der Waals surface area contributed by atoms with Crippen molar-refractivity contribution >= 4 is 17.7 Å². The monoisotopic (exact) mass is 227 g/mol. The van der Waals surface area contributed by atoms with E-state index in [0.717, 1.165) is 5.56 Å². The number of methoxy groups -OCH3 is 2. The Hall–Kier alpha value is -1.19. The van der Waals surface area contributed by atoms with Gasteiger partial charge in [-0.2, -0.15) is 0 Å². The maximum Gasteiger partial charge on any atom is 0.141 e. The third-order valence-corrected chi connectivity index (χ3v) is 2.23. The summed E-state index contributed by atoms with van der Waals surface area (Å²) in [7, 11) is 3.17. The minimum Gasteiger partial charge on any atom is -0.496 e. The van der Waals surface area contributed by atoms with Crippen LogP contribution in [-0.2, 0) is 0 Å². The number of ether oxygens (including phenoxy) is 2. The van der Waals surface area contributed by atoms with Gasteiger partial charge in [-0.3, -0.25) is 0 Å². The maximum atomic E-state index is 5.99. The van der Waals surface area contributed by atoms with Crippen LogP contribution >= 0.6 is 11.6 Å². The molecule has 0 aromatic heterocycles. The Morgan fingerprint density at radius 3 is 2.47 bits per heavy atom. The molecule has 0 bridgehead atoms. The highest BCUT2D eigenvalue weighted by Crippen LogP contribution is 2.33. The molecular weight excluding hydrogens is 214 g/mol. The van der Waals surface area contributed by atoms with Gasteiger partial charge >= 0.3 is 0 Å². The Labute approximate surface area is 94.4 Å². The van der Waals surface area contributed by atoms with Gasteiger partial charge in [0, 0.05) is 18.2 Å². The molecule has 0 fully saturated rings. The molecule has 1 rings (SSSR count). The summed E-state index contributed by atoms with van der Waals surface area (Å²) < 4.78 is 10.3. The van der Waals surface area contributed by atoms with Crippen LogP contribution in [0.2, 0.25) is 5.02 Å². The third kappa shape index (κ3) is 2.88. The molecule has 0 spiro atoms. The van der Waals surface area contributed by atoms with E-state index in [0.29, 0.717) is 23.1 Å². The average molecular weight is 228 g/mol. The van der Waals surface area contributed by atoms with Crippen molar-refractivity contribution < 1.29 is 9.47 Å². The number of hydrogen-bond acceptors (Lipinski definition) is 3. The molecule has 0 aliphatic heterocycles. The summed E-state index contributed by atoms with van der Waals surface area (Å²) in [6.07, 6.45) is 3.70. The van der Waals surface area contributed by atoms with Gasteiger partial charge in [0.15, 0.2) is 0 Å². The molecule has 2 N–H and O–H groups in total. The van der Waals surface area contributed by atoms with Gasteiger partial charge in [0.2, 0.25) is 0 Å². The van der Waals surface area contributed by atoms with Crippen molar-refractivity contribution in [3.63, 3.8) is 0 Å². The smallest absolute Gasteiger partial charge is 0.141 e. The van der Waals surface area contributed by atoms with Crippen molar-refractivity contribution in [2.45, 2.75) is 0 Å². The van der Waals surface area contributed by atoms with Crippen LogP contribution in [0, 0.1) is 0 Å². The predicted octanol–water partition coefficient (Wildman–Crippen LogP) is 2.33. The van der Waals surface area contributed by atoms with E-state index in [2.05, 4.69) is 0 Å². The van der Waals surface area contributed by atoms with Gasteiger partial charge in [0.1, 0.15) is 11.5 Å². The van der Waals surface area contributed by atoms with Gasteiger partial charge in [-0.15, -0.1) is 0 Å². The van der Waals surface area contributed by atoms with Gasteiger partial charge < -0.3 is 15.2 Å². The minimum atomic E-state index is 0.479. The Morgan fingerprint density at radius 1 is 1.27 bits per heavy atom. The molecule has 0 radical (unpaired) electrons. The Bertz CT molecular complexity index is 364. The average Bonchev–Trinajstić information content (AvgIpc) is 2.26. The molecule has 0 aliphatic carbocycles. The first-order chi connectivity index (χ1) is 7.22. The van der Waals surface area contributed by atoms with E-state index in [-0.39, 0.29) is 0 Å². The fourth-order valence-electron chi connectivity index (χ4n) is 1.21. The molecule has 4 heteroatoms. The second kappa shape index (κ2) is 5.63. The first kappa shape index (κ1) is 11.9. The highest BCUT2D eigenvalue weighted by atomic mass is 35.5. The van der Waals surface area contributed by atoms with Crippen LogP contribution in [0.3, 0.4) is 0 Å². The molecule has 0 saturated heterocycles. The zero-order chi connectivity index (χ0) is 11.3. The van der Waals surface area contributed by atoms with Crippen molar-refractivity contribution in [2.24, 2.45) is 5.73 Å². The number of rotatable bonds is 4. The number of nitrogens with two attached hydrogens (primary N) is 1. The van der Waals surface area contributed by atoms with Gasteiger partial charge in [-0.25, -0.2) is 0 Å². The predicted molar refractivity (Wildman–Crippen MR) is 62.6 cm³/mol. The molecule has 3 nitrogen and oxygen atoms in total. The lowest BCUT2D eigenvalue weighted by atomic mass is 10.1. The highest BCUT2D eigenvalue weighted by molar-refractivity contribution is 6.32. The van der Waals surface area contributed by atoms with Crippen LogP contribution in [-0.4, -0.2) is 20.8 Å². The molecule has 82 valence electrons. The number of halogens is 1. The van der Waals surface area contributed by atoms with Crippen molar-refractivity contribution in [2.75, 3.05) is 20.8 Å². The third-order valence-electron chi connectivity index (χ3n) is 1.94. The standard InChI is InChI=1S/C11H14ClNO2/c1-14-10-7-11(15-2)9(12)6-8(10)4-3-5-13/h3-4,6-7H,5,13H2,1-2H3/b4-3+. The van der Waals surface area contributed by atoms with Gasteiger partial charge in [-0.05, 0) is 6.07 Å². The van der Waals surface area contributed by atoms with Crippen LogP contribution < -0.4 is 15.2 Å². The van der Waals surface area contributed by atoms with Gasteiger partial charge in [-0.1, -0.05) is 23.8 Å². The number of benzene rings is 1. The summed E-state index contributed by atoms with van der Waals surface area (Å²) in [4.78, 5) is 0. The topological polar surface area (TPSA) is 44.5 Å². The van der Waals surface area contributed by atoms with Crippen LogP contribution in [0.4, 0.5) is 0 Å². The molecule has 0 atom stereocenters. The van der Waals surface area contributed by atoms with Crippen molar-refractivity contribution in [3.05, 3.63) is 28.8 Å². The Morgan fingerprint density at radius 2 is 1.93 bits per heavy atom. The molecule has 0 heterocycles. The lowest BCUT2D eigenvalue weighted by Crippen LogP contribution is -1.94. The summed E-state index contributed by atoms with van der Waals surface area (Å²) in [5, 5.41) is 0.551. The lowest BCUT2D eigenvalue weighted by molar-refractivity contribution is 0.394. The van der Waals surface area contributed by atoms with E-state index < -0.39 is 0 Å². The van der Waals surface area contributed by atoms with Crippen LogP contribution in [0.25, 0.3) is 6.08 Å². The number of hydrogen-bond donors (Lipinski definition) is 1. The zero-order valence-electron chi connectivity index (χ0n) is 8.79. The lowest BCUT2D eigenvalue weighted by Gasteiger charge is -2.09. The van der Waals surface area contributed by atoms with Gasteiger partial charge in [0.25, 0.3) is 0 Å². The van der Waals surface area contributed by atoms with E-state index in [1.807, 2.05) is 12.2 Å². The minimum absolute atomic E-state index is 0.479. The normalized spacial score (nSPS) is 10.7. The molecule has 1 aromatic rings. The Balaban J connectivity index is 3.15. The fraction of sp³-hybridized carbons (Fsp3) is 0.273. The van der Waals surface area contributed by atoms with Crippen molar-refractivity contribution in [1.29, 1.82) is 0 Å². The fourth-order valence-corrected chi connectivity index (χ4v) is 1.46. The second-order valence-electron chi connectivity index (χ2n) is 2.87. The quantitative estimate of drug-likeness (QED) is 0.859. The van der Waals surface area contributed by atoms with E-state index in [1.165, 1.54) is 0 Å². The van der Waals surface area contributed by atoms with Gasteiger partial charge in [0.05, 0.1) is 19.2 Å². The molecule has 0 saturated carbocycles. The van der Waals surface area contributed by atoms with Crippen molar-refractivity contribution in [1.82, 2.24) is 0 Å². The van der Waals surface area contributed by atoms with Crippen LogP contribution in [0.5, 0.6) is 11.5 Å². The SMILES string of the molecule is COc1cc(OC)c(/C=C/CN)cc1Cl. The molecular formula is C11H14ClNO2. The van der Waals surface area contributed by atoms with Crippen LogP contribution in [0.15, 0.2) is 18.2 Å². The summed E-state index contributed by atoms with van der Waals surface area (Å²) in [6.45, 7) is 0.479. The molecule has 0 unspecified atom stereocenters. The van der Waals surface area contributed by atoms with E-state index >= 15 is 0 Å². The molecule has 0 aliphatic rings. The van der Waals surface area contributed by atoms with E-state index in [1.54, 1.807) is 26.4 Å². The maximum absolute atomic E-state index is 5.99. The molecule has 0 amide bonds. The highest BCUT2D eigenvalue weighted by Gasteiger charge is 2.07. The zero-order valence-corrected chi connectivity index (χ0v) is 9.54. The first-order valence-corrected chi connectivity index (χ1v) is 4.88. The summed E-state index contributed by atoms with van der Waals surface area (Å²) >= 11 is 5.99. The summed E-state index contributed by atoms with van der Waals surface area (Å²) in [5.41, 5.74) is 6.26. The first-order valence-electron chi connectivity index (χ1n) is 4.51. The molecule has 1 aromatic carbocycles. The summed E-state index contributed by atoms with van der Waals surface area (Å²) in [6, 6.07) is 3.53. The van der Waals surface area contributed by atoms with E-state index in [9.17, 15) is 0 Å². The summed E-state index contributed by atoms with van der Waals surface area (Å²) in [5.74, 6) is 1.30. The van der Waals surface area contributed by atoms with E-state index in [4.69, 9.17) is 26.8 Å². The largest absolute Gasteiger partial charge is 0.496 e. The van der Waals surface area contributed by atoms with Crippen LogP contribution in [0.1, 0.15) is 5.56 Å².